The molecule has 1 unspecified atom stereocenters. The van der Waals surface area contributed by atoms with Crippen molar-refractivity contribution >= 4 is 28.9 Å². The van der Waals surface area contributed by atoms with E-state index in [1.807, 2.05) is 23.1 Å². The van der Waals surface area contributed by atoms with Crippen molar-refractivity contribution in [1.82, 2.24) is 0 Å². The topological polar surface area (TPSA) is 46.3 Å². The zero-order chi connectivity index (χ0) is 15.0. The van der Waals surface area contributed by atoms with Gasteiger partial charge in [0.1, 0.15) is 0 Å². The van der Waals surface area contributed by atoms with Crippen molar-refractivity contribution in [3.05, 3.63) is 58.6 Å². The Morgan fingerprint density at radius 3 is 2.81 bits per heavy atom. The Morgan fingerprint density at radius 2 is 2.05 bits per heavy atom. The van der Waals surface area contributed by atoms with Crippen molar-refractivity contribution in [1.29, 1.82) is 0 Å². The molecule has 0 aromatic heterocycles. The number of benzene rings is 2. The monoisotopic (exact) mass is 300 g/mol. The highest BCUT2D eigenvalue weighted by atomic mass is 35.5. The molecule has 1 atom stereocenters. The number of carbonyl (C=O) groups is 1. The number of amides is 1. The Bertz CT molecular complexity index is 679. The van der Waals surface area contributed by atoms with Crippen molar-refractivity contribution in [2.75, 3.05) is 17.2 Å². The van der Waals surface area contributed by atoms with Crippen LogP contribution in [0.4, 0.5) is 11.4 Å². The molecule has 1 aliphatic rings. The molecule has 2 aromatic rings. The van der Waals surface area contributed by atoms with Gasteiger partial charge in [0.2, 0.25) is 0 Å². The number of nitrogens with zero attached hydrogens (tertiary/aromatic N) is 1. The van der Waals surface area contributed by atoms with Gasteiger partial charge in [-0.05, 0) is 42.2 Å². The van der Waals surface area contributed by atoms with Gasteiger partial charge in [0, 0.05) is 28.5 Å². The summed E-state index contributed by atoms with van der Waals surface area (Å²) in [5.74, 6) is 0.378. The fourth-order valence-electron chi connectivity index (χ4n) is 2.88. The second-order valence-electron chi connectivity index (χ2n) is 5.63. The summed E-state index contributed by atoms with van der Waals surface area (Å²) in [6.45, 7) is 2.87. The zero-order valence-corrected chi connectivity index (χ0v) is 12.6. The lowest BCUT2D eigenvalue weighted by Gasteiger charge is -2.33. The van der Waals surface area contributed by atoms with Gasteiger partial charge in [0.25, 0.3) is 5.91 Å². The summed E-state index contributed by atoms with van der Waals surface area (Å²) in [5.41, 5.74) is 9.02. The summed E-state index contributed by atoms with van der Waals surface area (Å²) in [6, 6.07) is 13.0. The molecule has 0 bridgehead atoms. The smallest absolute Gasteiger partial charge is 0.258 e. The van der Waals surface area contributed by atoms with Crippen LogP contribution in [-0.4, -0.2) is 12.5 Å². The van der Waals surface area contributed by atoms with Gasteiger partial charge < -0.3 is 10.6 Å². The quantitative estimate of drug-likeness (QED) is 0.815. The van der Waals surface area contributed by atoms with E-state index < -0.39 is 0 Å². The fourth-order valence-corrected chi connectivity index (χ4v) is 3.12. The van der Waals surface area contributed by atoms with Crippen LogP contribution in [0.3, 0.4) is 0 Å². The molecular formula is C17H17ClN2O. The van der Waals surface area contributed by atoms with Crippen LogP contribution < -0.4 is 10.6 Å². The van der Waals surface area contributed by atoms with Gasteiger partial charge in [-0.15, -0.1) is 0 Å². The van der Waals surface area contributed by atoms with E-state index >= 15 is 0 Å². The second kappa shape index (κ2) is 5.41. The van der Waals surface area contributed by atoms with Crippen molar-refractivity contribution in [2.24, 2.45) is 5.92 Å². The predicted octanol–water partition coefficient (Wildman–Crippen LogP) is 3.76. The van der Waals surface area contributed by atoms with E-state index in [-0.39, 0.29) is 5.91 Å². The molecule has 1 aliphatic heterocycles. The van der Waals surface area contributed by atoms with Crippen LogP contribution >= 0.6 is 11.6 Å². The van der Waals surface area contributed by atoms with Gasteiger partial charge >= 0.3 is 0 Å². The number of para-hydroxylation sites is 1. The first-order valence-electron chi connectivity index (χ1n) is 7.00. The lowest BCUT2D eigenvalue weighted by molar-refractivity contribution is 0.0981. The zero-order valence-electron chi connectivity index (χ0n) is 11.8. The van der Waals surface area contributed by atoms with Crippen LogP contribution in [0.5, 0.6) is 0 Å². The van der Waals surface area contributed by atoms with E-state index in [4.69, 9.17) is 17.3 Å². The number of nitrogens with two attached hydrogens (primary N) is 1. The first kappa shape index (κ1) is 14.0. The molecule has 108 valence electrons. The third kappa shape index (κ3) is 2.74. The number of rotatable bonds is 1. The molecule has 1 amide bonds. The molecule has 0 radical (unpaired) electrons. The van der Waals surface area contributed by atoms with Crippen molar-refractivity contribution in [3.8, 4) is 0 Å². The van der Waals surface area contributed by atoms with Crippen LogP contribution in [0.1, 0.15) is 22.8 Å². The van der Waals surface area contributed by atoms with E-state index in [0.717, 1.165) is 12.1 Å². The summed E-state index contributed by atoms with van der Waals surface area (Å²) in [7, 11) is 0. The Labute approximate surface area is 129 Å². The van der Waals surface area contributed by atoms with E-state index in [1.54, 1.807) is 18.2 Å². The minimum atomic E-state index is -0.0526. The summed E-state index contributed by atoms with van der Waals surface area (Å²) in [4.78, 5) is 14.7. The SMILES string of the molecule is CC1Cc2ccccc2N(C(=O)c2cc(N)cc(Cl)c2)C1. The lowest BCUT2D eigenvalue weighted by Crippen LogP contribution is -2.39. The molecule has 0 saturated carbocycles. The van der Waals surface area contributed by atoms with E-state index in [0.29, 0.717) is 28.7 Å². The van der Waals surface area contributed by atoms with Gasteiger partial charge in [0.05, 0.1) is 0 Å². The van der Waals surface area contributed by atoms with Crippen LogP contribution in [0, 0.1) is 5.92 Å². The van der Waals surface area contributed by atoms with Crippen LogP contribution in [0.25, 0.3) is 0 Å². The summed E-state index contributed by atoms with van der Waals surface area (Å²) < 4.78 is 0. The molecule has 3 rings (SSSR count). The van der Waals surface area contributed by atoms with E-state index in [9.17, 15) is 4.79 Å². The largest absolute Gasteiger partial charge is 0.399 e. The highest BCUT2D eigenvalue weighted by Gasteiger charge is 2.27. The Kier molecular flexibility index (Phi) is 3.60. The first-order valence-corrected chi connectivity index (χ1v) is 7.38. The summed E-state index contributed by atoms with van der Waals surface area (Å²) >= 11 is 6.01. The van der Waals surface area contributed by atoms with Crippen LogP contribution in [0.2, 0.25) is 5.02 Å². The molecule has 0 spiro atoms. The highest BCUT2D eigenvalue weighted by molar-refractivity contribution is 6.31. The molecule has 4 heteroatoms. The molecule has 0 aliphatic carbocycles. The third-order valence-electron chi connectivity index (χ3n) is 3.76. The van der Waals surface area contributed by atoms with Crippen molar-refractivity contribution in [2.45, 2.75) is 13.3 Å². The number of carbonyl (C=O) groups excluding carboxylic acids is 1. The fraction of sp³-hybridized carbons (Fsp3) is 0.235. The Hall–Kier alpha value is -2.00. The minimum absolute atomic E-state index is 0.0526. The maximum Gasteiger partial charge on any atom is 0.258 e. The minimum Gasteiger partial charge on any atom is -0.399 e. The van der Waals surface area contributed by atoms with E-state index in [2.05, 4.69) is 13.0 Å². The predicted molar refractivity (Wildman–Crippen MR) is 86.9 cm³/mol. The van der Waals surface area contributed by atoms with Gasteiger partial charge in [-0.2, -0.15) is 0 Å². The number of fused-ring (bicyclic) bond motifs is 1. The average Bonchev–Trinajstić information content (AvgIpc) is 2.44. The Morgan fingerprint density at radius 1 is 1.29 bits per heavy atom. The standard InChI is InChI=1S/C17H17ClN2O/c1-11-6-12-4-2-3-5-16(12)20(10-11)17(21)13-7-14(18)9-15(19)8-13/h2-5,7-9,11H,6,10,19H2,1H3. The number of anilines is 2. The van der Waals surface area contributed by atoms with Crippen molar-refractivity contribution < 1.29 is 4.79 Å². The number of hydrogen-bond donors (Lipinski definition) is 1. The molecule has 1 heterocycles. The lowest BCUT2D eigenvalue weighted by atomic mass is 9.93. The normalized spacial score (nSPS) is 17.4. The van der Waals surface area contributed by atoms with Crippen LogP contribution in [0.15, 0.2) is 42.5 Å². The van der Waals surface area contributed by atoms with Gasteiger partial charge in [-0.1, -0.05) is 36.7 Å². The molecular weight excluding hydrogens is 284 g/mol. The molecule has 21 heavy (non-hydrogen) atoms. The summed E-state index contributed by atoms with van der Waals surface area (Å²) in [5, 5.41) is 0.483. The number of nitrogen functional groups attached to an aromatic ring is 1. The van der Waals surface area contributed by atoms with Gasteiger partial charge in [-0.3, -0.25) is 4.79 Å². The molecule has 3 nitrogen and oxygen atoms in total. The summed E-state index contributed by atoms with van der Waals surface area (Å²) in [6.07, 6.45) is 0.998. The second-order valence-corrected chi connectivity index (χ2v) is 6.06. The van der Waals surface area contributed by atoms with Gasteiger partial charge in [0.15, 0.2) is 0 Å². The number of hydrogen-bond acceptors (Lipinski definition) is 2. The third-order valence-corrected chi connectivity index (χ3v) is 3.98. The molecule has 2 N–H and O–H groups in total. The van der Waals surface area contributed by atoms with E-state index in [1.165, 1.54) is 5.56 Å². The van der Waals surface area contributed by atoms with Crippen LogP contribution in [-0.2, 0) is 6.42 Å². The van der Waals surface area contributed by atoms with Crippen molar-refractivity contribution in [3.63, 3.8) is 0 Å². The number of halogens is 1. The highest BCUT2D eigenvalue weighted by Crippen LogP contribution is 2.31. The molecule has 0 fully saturated rings. The molecule has 0 saturated heterocycles. The maximum atomic E-state index is 12.8. The Balaban J connectivity index is 2.02. The molecule has 2 aromatic carbocycles. The average molecular weight is 301 g/mol. The maximum absolute atomic E-state index is 12.8. The van der Waals surface area contributed by atoms with Gasteiger partial charge in [-0.25, -0.2) is 0 Å². The first-order chi connectivity index (χ1) is 10.0.